The van der Waals surface area contributed by atoms with Gasteiger partial charge in [-0.2, -0.15) is 0 Å². The largest absolute Gasteiger partial charge is 0.367 e. The number of alkyl halides is 3. The number of unbranched alkanes of at least 4 members (excludes halogenated alkanes) is 4. The van der Waals surface area contributed by atoms with E-state index in [9.17, 15) is 0 Å². The van der Waals surface area contributed by atoms with Gasteiger partial charge in [-0.05, 0) is 12.8 Å². The van der Waals surface area contributed by atoms with Gasteiger partial charge in [0.1, 0.15) is 0 Å². The summed E-state index contributed by atoms with van der Waals surface area (Å²) >= 11 is 10.1. The maximum Gasteiger partial charge on any atom is 0.165 e. The van der Waals surface area contributed by atoms with Gasteiger partial charge in [-0.1, -0.05) is 73.5 Å². The second-order valence-corrected chi connectivity index (χ2v) is 6.65. The Morgan fingerprint density at radius 1 is 0.867 bits per heavy atom. The Morgan fingerprint density at radius 3 is 1.93 bits per heavy atom. The highest BCUT2D eigenvalue weighted by atomic mass is 79.9. The Morgan fingerprint density at radius 2 is 1.40 bits per heavy atom. The highest BCUT2D eigenvalue weighted by Gasteiger charge is 2.21. The van der Waals surface area contributed by atoms with Gasteiger partial charge < -0.3 is 10.2 Å². The van der Waals surface area contributed by atoms with Crippen LogP contribution in [-0.4, -0.2) is 31.5 Å². The van der Waals surface area contributed by atoms with E-state index in [-0.39, 0.29) is 9.65 Å². The molecular formula is C10H19Br3O2. The molecule has 2 N–H and O–H groups in total. The van der Waals surface area contributed by atoms with Crippen LogP contribution in [0.1, 0.15) is 38.5 Å². The van der Waals surface area contributed by atoms with Crippen molar-refractivity contribution in [2.75, 3.05) is 5.33 Å². The van der Waals surface area contributed by atoms with Gasteiger partial charge in [0.15, 0.2) is 6.29 Å². The molecule has 0 radical (unpaired) electrons. The molecule has 0 bridgehead atoms. The van der Waals surface area contributed by atoms with Crippen LogP contribution in [0.2, 0.25) is 0 Å². The van der Waals surface area contributed by atoms with Crippen molar-refractivity contribution in [1.29, 1.82) is 0 Å². The molecule has 0 aromatic rings. The van der Waals surface area contributed by atoms with Crippen molar-refractivity contribution >= 4 is 47.8 Å². The van der Waals surface area contributed by atoms with Crippen molar-refractivity contribution in [2.45, 2.75) is 54.5 Å². The van der Waals surface area contributed by atoms with Crippen LogP contribution >= 0.6 is 47.8 Å². The summed E-state index contributed by atoms with van der Waals surface area (Å²) in [6.07, 6.45) is 5.82. The molecule has 0 aliphatic heterocycles. The van der Waals surface area contributed by atoms with Crippen molar-refractivity contribution in [3.05, 3.63) is 0 Å². The normalized spacial score (nSPS) is 15.6. The highest BCUT2D eigenvalue weighted by molar-refractivity contribution is 9.12. The van der Waals surface area contributed by atoms with Crippen LogP contribution in [0.25, 0.3) is 0 Å². The van der Waals surface area contributed by atoms with Gasteiger partial charge >= 0.3 is 0 Å². The van der Waals surface area contributed by atoms with E-state index in [1.54, 1.807) is 0 Å². The Hall–Kier alpha value is 1.36. The fourth-order valence-corrected chi connectivity index (χ4v) is 2.57. The molecule has 0 aromatic heterocycles. The summed E-state index contributed by atoms with van der Waals surface area (Å²) in [5.41, 5.74) is 0. The van der Waals surface area contributed by atoms with E-state index in [4.69, 9.17) is 10.2 Å². The number of halogens is 3. The van der Waals surface area contributed by atoms with Gasteiger partial charge in [0.25, 0.3) is 0 Å². The monoisotopic (exact) mass is 408 g/mol. The predicted octanol–water partition coefficient (Wildman–Crippen LogP) is 3.56. The minimum absolute atomic E-state index is 0.133. The second-order valence-electron chi connectivity index (χ2n) is 3.62. The van der Waals surface area contributed by atoms with E-state index in [1.807, 2.05) is 0 Å². The SMILES string of the molecule is OC(O)C(Br)C(Br)CCCCCCCBr. The molecule has 0 heterocycles. The van der Waals surface area contributed by atoms with Crippen molar-refractivity contribution in [3.63, 3.8) is 0 Å². The number of hydrogen-bond donors (Lipinski definition) is 2. The fraction of sp³-hybridized carbons (Fsp3) is 1.00. The molecule has 15 heavy (non-hydrogen) atoms. The van der Waals surface area contributed by atoms with E-state index in [1.165, 1.54) is 25.7 Å². The molecular weight excluding hydrogens is 392 g/mol. The minimum atomic E-state index is -1.29. The third kappa shape index (κ3) is 9.10. The lowest BCUT2D eigenvalue weighted by atomic mass is 10.1. The van der Waals surface area contributed by atoms with Crippen LogP contribution in [0.3, 0.4) is 0 Å². The summed E-state index contributed by atoms with van der Waals surface area (Å²) in [4.78, 5) is -0.145. The number of rotatable bonds is 9. The average molecular weight is 411 g/mol. The second kappa shape index (κ2) is 10.5. The maximum atomic E-state index is 8.94. The van der Waals surface area contributed by atoms with Crippen LogP contribution < -0.4 is 0 Å². The van der Waals surface area contributed by atoms with E-state index in [0.29, 0.717) is 0 Å². The average Bonchev–Trinajstić information content (AvgIpc) is 2.21. The number of hydrogen-bond acceptors (Lipinski definition) is 2. The molecule has 0 spiro atoms. The van der Waals surface area contributed by atoms with Crippen molar-refractivity contribution in [3.8, 4) is 0 Å². The molecule has 2 unspecified atom stereocenters. The van der Waals surface area contributed by atoms with E-state index in [2.05, 4.69) is 47.8 Å². The van der Waals surface area contributed by atoms with Crippen molar-refractivity contribution < 1.29 is 10.2 Å². The zero-order chi connectivity index (χ0) is 11.7. The molecule has 0 aromatic carbocycles. The fourth-order valence-electron chi connectivity index (χ4n) is 1.31. The summed E-state index contributed by atoms with van der Waals surface area (Å²) in [6, 6.07) is 0. The van der Waals surface area contributed by atoms with Gasteiger partial charge in [0.05, 0.1) is 4.83 Å². The minimum Gasteiger partial charge on any atom is -0.367 e. The third-order valence-electron chi connectivity index (χ3n) is 2.24. The Kier molecular flexibility index (Phi) is 11.5. The quantitative estimate of drug-likeness (QED) is 0.346. The topological polar surface area (TPSA) is 40.5 Å². The molecule has 5 heteroatoms. The zero-order valence-corrected chi connectivity index (χ0v) is 13.5. The third-order valence-corrected chi connectivity index (χ3v) is 5.65. The highest BCUT2D eigenvalue weighted by Crippen LogP contribution is 2.22. The molecule has 0 saturated heterocycles. The first-order chi connectivity index (χ1) is 7.09. The molecule has 0 rings (SSSR count). The molecule has 0 fully saturated rings. The molecule has 2 atom stereocenters. The van der Waals surface area contributed by atoms with Crippen molar-refractivity contribution in [2.24, 2.45) is 0 Å². The standard InChI is InChI=1S/C10H19Br3O2/c11-7-5-3-1-2-4-6-8(12)9(13)10(14)15/h8-10,14-15H,1-7H2. The van der Waals surface area contributed by atoms with Gasteiger partial charge in [0, 0.05) is 10.2 Å². The first-order valence-electron chi connectivity index (χ1n) is 5.30. The van der Waals surface area contributed by atoms with E-state index < -0.39 is 6.29 Å². The summed E-state index contributed by atoms with van der Waals surface area (Å²) < 4.78 is 0. The molecule has 0 saturated carbocycles. The molecule has 2 nitrogen and oxygen atoms in total. The van der Waals surface area contributed by atoms with Gasteiger partial charge in [0.2, 0.25) is 0 Å². The van der Waals surface area contributed by atoms with Crippen LogP contribution in [-0.2, 0) is 0 Å². The zero-order valence-electron chi connectivity index (χ0n) is 8.71. The molecule has 0 amide bonds. The lowest BCUT2D eigenvalue weighted by Gasteiger charge is -2.18. The van der Waals surface area contributed by atoms with Crippen LogP contribution in [0.4, 0.5) is 0 Å². The summed E-state index contributed by atoms with van der Waals surface area (Å²) in [7, 11) is 0. The van der Waals surface area contributed by atoms with E-state index >= 15 is 0 Å². The maximum absolute atomic E-state index is 8.94. The van der Waals surface area contributed by atoms with Gasteiger partial charge in [-0.3, -0.25) is 0 Å². The Labute approximate surface area is 117 Å². The number of aliphatic hydroxyl groups excluding tert-OH is 1. The van der Waals surface area contributed by atoms with Crippen LogP contribution in [0.5, 0.6) is 0 Å². The molecule has 92 valence electrons. The van der Waals surface area contributed by atoms with Crippen LogP contribution in [0.15, 0.2) is 0 Å². The van der Waals surface area contributed by atoms with Crippen molar-refractivity contribution in [1.82, 2.24) is 0 Å². The molecule has 0 aliphatic carbocycles. The summed E-state index contributed by atoms with van der Waals surface area (Å²) in [5.74, 6) is 0. The van der Waals surface area contributed by atoms with Crippen LogP contribution in [0, 0.1) is 0 Å². The predicted molar refractivity (Wildman–Crippen MR) is 75.2 cm³/mol. The summed E-state index contributed by atoms with van der Waals surface area (Å²) in [5, 5.41) is 19.0. The van der Waals surface area contributed by atoms with E-state index in [0.717, 1.165) is 18.2 Å². The molecule has 0 aliphatic rings. The van der Waals surface area contributed by atoms with Gasteiger partial charge in [-0.25, -0.2) is 0 Å². The Balaban J connectivity index is 3.34. The first-order valence-corrected chi connectivity index (χ1v) is 8.25. The summed E-state index contributed by atoms with van der Waals surface area (Å²) in [6.45, 7) is 0. The first kappa shape index (κ1) is 16.4. The lowest BCUT2D eigenvalue weighted by molar-refractivity contribution is -0.0386. The Bertz CT molecular complexity index is 145. The smallest absolute Gasteiger partial charge is 0.165 e. The van der Waals surface area contributed by atoms with Gasteiger partial charge in [-0.15, -0.1) is 0 Å². The lowest BCUT2D eigenvalue weighted by Crippen LogP contribution is -2.28. The number of aliphatic hydroxyl groups is 2.